The second-order valence-corrected chi connectivity index (χ2v) is 1.82. The minimum absolute atomic E-state index is 0.408. The fourth-order valence-electron chi connectivity index (χ4n) is 0.509. The Bertz CT molecular complexity index is 108. The molecule has 0 heterocycles. The molecule has 0 bridgehead atoms. The molecule has 0 aromatic heterocycles. The summed E-state index contributed by atoms with van der Waals surface area (Å²) in [5.74, 6) is 0. The van der Waals surface area contributed by atoms with E-state index in [1.165, 1.54) is 7.11 Å². The zero-order valence-electron chi connectivity index (χ0n) is 6.85. The topological polar surface area (TPSA) is 59.6 Å². The zero-order valence-corrected chi connectivity index (χ0v) is 6.85. The maximum atomic E-state index is 10.5. The van der Waals surface area contributed by atoms with Crippen molar-refractivity contribution >= 4 is 6.09 Å². The van der Waals surface area contributed by atoms with Crippen LogP contribution in [0.3, 0.4) is 0 Å². The number of ether oxygens (including phenoxy) is 1. The highest BCUT2D eigenvalue weighted by Crippen LogP contribution is 1.77. The van der Waals surface area contributed by atoms with Crippen LogP contribution in [0, 0.1) is 0 Å². The zero-order chi connectivity index (χ0) is 8.53. The molecule has 0 aromatic carbocycles. The first kappa shape index (κ1) is 10.2. The van der Waals surface area contributed by atoms with Crippen LogP contribution in [0.1, 0.15) is 6.42 Å². The first-order valence-corrected chi connectivity index (χ1v) is 3.41. The lowest BCUT2D eigenvalue weighted by Gasteiger charge is -2.02. The Hall–Kier alpha value is -0.810. The SMILES string of the molecule is CNOCCCNC(=O)OC. The molecule has 0 radical (unpaired) electrons. The van der Waals surface area contributed by atoms with Crippen molar-refractivity contribution in [3.8, 4) is 0 Å². The van der Waals surface area contributed by atoms with Gasteiger partial charge in [-0.2, -0.15) is 0 Å². The lowest BCUT2D eigenvalue weighted by molar-refractivity contribution is 0.0562. The fraction of sp³-hybridized carbons (Fsp3) is 0.833. The molecule has 0 fully saturated rings. The van der Waals surface area contributed by atoms with Crippen LogP contribution in [0.2, 0.25) is 0 Å². The maximum absolute atomic E-state index is 10.5. The molecule has 0 rings (SSSR count). The number of amides is 1. The molecule has 11 heavy (non-hydrogen) atoms. The van der Waals surface area contributed by atoms with Crippen molar-refractivity contribution in [2.75, 3.05) is 27.3 Å². The van der Waals surface area contributed by atoms with E-state index < -0.39 is 6.09 Å². The number of hydrogen-bond donors (Lipinski definition) is 2. The summed E-state index contributed by atoms with van der Waals surface area (Å²) in [6, 6.07) is 0. The van der Waals surface area contributed by atoms with E-state index in [0.717, 1.165) is 6.42 Å². The standard InChI is InChI=1S/C6H14N2O3/c1-7-11-5-3-4-8-6(9)10-2/h7H,3-5H2,1-2H3,(H,8,9). The first-order chi connectivity index (χ1) is 5.31. The molecule has 5 heteroatoms. The summed E-state index contributed by atoms with van der Waals surface area (Å²) < 4.78 is 4.35. The number of nitrogens with one attached hydrogen (secondary N) is 2. The van der Waals surface area contributed by atoms with Crippen molar-refractivity contribution in [3.63, 3.8) is 0 Å². The van der Waals surface area contributed by atoms with Crippen molar-refractivity contribution in [1.29, 1.82) is 0 Å². The first-order valence-electron chi connectivity index (χ1n) is 3.41. The Labute approximate surface area is 66.0 Å². The van der Waals surface area contributed by atoms with Gasteiger partial charge in [0, 0.05) is 13.6 Å². The van der Waals surface area contributed by atoms with Gasteiger partial charge in [-0.3, -0.25) is 0 Å². The van der Waals surface area contributed by atoms with Crippen LogP contribution in [0.15, 0.2) is 0 Å². The second-order valence-electron chi connectivity index (χ2n) is 1.82. The van der Waals surface area contributed by atoms with Crippen LogP contribution in [0.25, 0.3) is 0 Å². The Morgan fingerprint density at radius 1 is 1.55 bits per heavy atom. The molecule has 1 amide bonds. The quantitative estimate of drug-likeness (QED) is 0.437. The van der Waals surface area contributed by atoms with Crippen LogP contribution in [-0.4, -0.2) is 33.4 Å². The van der Waals surface area contributed by atoms with E-state index in [0.29, 0.717) is 13.2 Å². The van der Waals surface area contributed by atoms with Gasteiger partial charge in [0.25, 0.3) is 0 Å². The van der Waals surface area contributed by atoms with Gasteiger partial charge in [0.1, 0.15) is 0 Å². The van der Waals surface area contributed by atoms with Crippen LogP contribution in [0.5, 0.6) is 0 Å². The molecule has 0 aromatic rings. The summed E-state index contributed by atoms with van der Waals surface area (Å²) in [5, 5.41) is 2.52. The number of carbonyl (C=O) groups excluding carboxylic acids is 1. The van der Waals surface area contributed by atoms with Crippen LogP contribution >= 0.6 is 0 Å². The van der Waals surface area contributed by atoms with Crippen molar-refractivity contribution in [2.24, 2.45) is 0 Å². The third-order valence-corrected chi connectivity index (χ3v) is 1.02. The van der Waals surface area contributed by atoms with Crippen molar-refractivity contribution in [1.82, 2.24) is 10.8 Å². The number of methoxy groups -OCH3 is 1. The summed E-state index contributed by atoms with van der Waals surface area (Å²) >= 11 is 0. The van der Waals surface area contributed by atoms with E-state index in [1.807, 2.05) is 0 Å². The highest BCUT2D eigenvalue weighted by atomic mass is 16.6. The molecule has 0 atom stereocenters. The summed E-state index contributed by atoms with van der Waals surface area (Å²) in [7, 11) is 3.02. The fourth-order valence-corrected chi connectivity index (χ4v) is 0.509. The van der Waals surface area contributed by atoms with Crippen LogP contribution in [-0.2, 0) is 9.57 Å². The minimum atomic E-state index is -0.408. The molecular formula is C6H14N2O3. The highest BCUT2D eigenvalue weighted by Gasteiger charge is 1.95. The average Bonchev–Trinajstić information content (AvgIpc) is 2.04. The molecule has 2 N–H and O–H groups in total. The monoisotopic (exact) mass is 162 g/mol. The van der Waals surface area contributed by atoms with Crippen LogP contribution in [0.4, 0.5) is 4.79 Å². The molecule has 0 saturated heterocycles. The maximum Gasteiger partial charge on any atom is 0.406 e. The van der Waals surface area contributed by atoms with Gasteiger partial charge >= 0.3 is 6.09 Å². The number of alkyl carbamates (subject to hydrolysis) is 1. The highest BCUT2D eigenvalue weighted by molar-refractivity contribution is 5.66. The molecule has 0 aliphatic rings. The van der Waals surface area contributed by atoms with Gasteiger partial charge in [0.2, 0.25) is 0 Å². The lowest BCUT2D eigenvalue weighted by atomic mass is 10.4. The molecule has 0 aliphatic heterocycles. The van der Waals surface area contributed by atoms with Crippen molar-refractivity contribution in [3.05, 3.63) is 0 Å². The van der Waals surface area contributed by atoms with Crippen molar-refractivity contribution < 1.29 is 14.4 Å². The Morgan fingerprint density at radius 3 is 2.82 bits per heavy atom. The average molecular weight is 162 g/mol. The van der Waals surface area contributed by atoms with Gasteiger partial charge in [0.15, 0.2) is 0 Å². The Kier molecular flexibility index (Phi) is 6.76. The number of rotatable bonds is 5. The van der Waals surface area contributed by atoms with Gasteiger partial charge in [-0.1, -0.05) is 0 Å². The van der Waals surface area contributed by atoms with Gasteiger partial charge in [0.05, 0.1) is 13.7 Å². The van der Waals surface area contributed by atoms with E-state index in [1.54, 1.807) is 7.05 Å². The van der Waals surface area contributed by atoms with E-state index >= 15 is 0 Å². The molecule has 66 valence electrons. The van der Waals surface area contributed by atoms with Crippen LogP contribution < -0.4 is 10.8 Å². The second kappa shape index (κ2) is 7.30. The largest absolute Gasteiger partial charge is 0.453 e. The number of hydrogen-bond acceptors (Lipinski definition) is 4. The van der Waals surface area contributed by atoms with E-state index in [9.17, 15) is 4.79 Å². The van der Waals surface area contributed by atoms with Gasteiger partial charge in [-0.05, 0) is 6.42 Å². The molecule has 0 spiro atoms. The molecular weight excluding hydrogens is 148 g/mol. The van der Waals surface area contributed by atoms with E-state index in [2.05, 4.69) is 15.5 Å². The van der Waals surface area contributed by atoms with Crippen molar-refractivity contribution in [2.45, 2.75) is 6.42 Å². The van der Waals surface area contributed by atoms with Gasteiger partial charge in [-0.15, -0.1) is 0 Å². The Morgan fingerprint density at radius 2 is 2.27 bits per heavy atom. The summed E-state index contributed by atoms with van der Waals surface area (Å²) in [6.45, 7) is 1.13. The normalized spacial score (nSPS) is 9.27. The number of hydroxylamine groups is 1. The lowest BCUT2D eigenvalue weighted by Crippen LogP contribution is -2.25. The van der Waals surface area contributed by atoms with E-state index in [4.69, 9.17) is 4.84 Å². The summed E-state index contributed by atoms with van der Waals surface area (Å²) in [4.78, 5) is 15.3. The predicted octanol–water partition coefficient (Wildman–Crippen LogP) is -0.117. The smallest absolute Gasteiger partial charge is 0.406 e. The third kappa shape index (κ3) is 7.08. The summed E-state index contributed by atoms with van der Waals surface area (Å²) in [5.41, 5.74) is 2.53. The van der Waals surface area contributed by atoms with E-state index in [-0.39, 0.29) is 0 Å². The molecule has 5 nitrogen and oxygen atoms in total. The molecule has 0 saturated carbocycles. The molecule has 0 unspecified atom stereocenters. The Balaban J connectivity index is 2.95. The predicted molar refractivity (Wildman–Crippen MR) is 40.0 cm³/mol. The van der Waals surface area contributed by atoms with Gasteiger partial charge < -0.3 is 14.9 Å². The minimum Gasteiger partial charge on any atom is -0.453 e. The molecule has 0 aliphatic carbocycles. The number of carbonyl (C=O) groups is 1. The van der Waals surface area contributed by atoms with Gasteiger partial charge in [-0.25, -0.2) is 10.3 Å². The summed E-state index contributed by atoms with van der Waals surface area (Å²) in [6.07, 6.45) is 0.352. The third-order valence-electron chi connectivity index (χ3n) is 1.02.